The third-order valence-corrected chi connectivity index (χ3v) is 9.29. The van der Waals surface area contributed by atoms with E-state index in [0.717, 1.165) is 32.8 Å². The Morgan fingerprint density at radius 3 is 1.82 bits per heavy atom. The molecular weight excluding hydrogens is 694 g/mol. The lowest BCUT2D eigenvalue weighted by molar-refractivity contribution is 0.0280. The molecule has 1 atom stereocenters. The van der Waals surface area contributed by atoms with E-state index in [9.17, 15) is 0 Å². The maximum absolute atomic E-state index is 6.69. The van der Waals surface area contributed by atoms with Crippen LogP contribution in [0.2, 0.25) is 20.1 Å². The topological polar surface area (TPSA) is 44.9 Å². The van der Waals surface area contributed by atoms with Crippen molar-refractivity contribution in [1.82, 2.24) is 19.1 Å². The van der Waals surface area contributed by atoms with Crippen LogP contribution in [-0.2, 0) is 23.4 Å². The number of aromatic nitrogens is 4. The molecule has 49 heavy (non-hydrogen) atoms. The largest absolute Gasteiger partial charge is 0.367 e. The van der Waals surface area contributed by atoms with E-state index in [4.69, 9.17) is 51.1 Å². The van der Waals surface area contributed by atoms with Gasteiger partial charge in [-0.3, -0.25) is 0 Å². The molecule has 9 heteroatoms. The van der Waals surface area contributed by atoms with Crippen molar-refractivity contribution < 1.29 is 4.74 Å². The molecule has 7 rings (SSSR count). The van der Waals surface area contributed by atoms with Gasteiger partial charge < -0.3 is 13.9 Å². The Bertz CT molecular complexity index is 2000. The minimum absolute atomic E-state index is 0.223. The van der Waals surface area contributed by atoms with Crippen molar-refractivity contribution in [2.45, 2.75) is 24.8 Å². The van der Waals surface area contributed by atoms with Crippen molar-refractivity contribution in [3.8, 4) is 0 Å². The molecule has 0 aliphatic rings. The van der Waals surface area contributed by atoms with Gasteiger partial charge in [-0.1, -0.05) is 143 Å². The van der Waals surface area contributed by atoms with Crippen molar-refractivity contribution in [2.24, 2.45) is 0 Å². The number of ether oxygens (including phenoxy) is 1. The molecule has 0 bridgehead atoms. The summed E-state index contributed by atoms with van der Waals surface area (Å²) in [4.78, 5) is 8.39. The number of nitrogens with zero attached hydrogens (tertiary/aromatic N) is 4. The normalized spacial score (nSPS) is 11.8. The van der Waals surface area contributed by atoms with E-state index in [1.54, 1.807) is 24.8 Å². The van der Waals surface area contributed by atoms with Crippen LogP contribution < -0.4 is 0 Å². The fourth-order valence-corrected chi connectivity index (χ4v) is 6.78. The van der Waals surface area contributed by atoms with Crippen LogP contribution in [0, 0.1) is 0 Å². The standard InChI is InChI=1S/C22H17ClN2.C18H15Cl3N2O/c23-21-14-8-7-13-20(21)22(25-16-15-24-17-25,18-9-3-1-4-10-18)19-11-5-2-6-12-19;19-14-3-1-13(2-4-14)11-24-18(10-23-8-7-22-12-23)16-6-5-15(20)9-17(16)21/h1-17H;1-9,12,18H,10-11H2. The first-order valence-corrected chi connectivity index (χ1v) is 17.1. The molecule has 0 aliphatic heterocycles. The fraction of sp³-hybridized carbons (Fsp3) is 0.100. The third kappa shape index (κ3) is 8.10. The zero-order valence-electron chi connectivity index (χ0n) is 26.3. The van der Waals surface area contributed by atoms with Crippen LogP contribution in [0.15, 0.2) is 165 Å². The van der Waals surface area contributed by atoms with E-state index in [1.165, 1.54) is 0 Å². The summed E-state index contributed by atoms with van der Waals surface area (Å²) in [6, 6.07) is 41.9. The minimum Gasteiger partial charge on any atom is -0.367 e. The monoisotopic (exact) mass is 724 g/mol. The van der Waals surface area contributed by atoms with E-state index < -0.39 is 5.54 Å². The lowest BCUT2D eigenvalue weighted by Gasteiger charge is -2.37. The van der Waals surface area contributed by atoms with E-state index in [2.05, 4.69) is 69.1 Å². The lowest BCUT2D eigenvalue weighted by atomic mass is 9.76. The van der Waals surface area contributed by atoms with Gasteiger partial charge in [-0.05, 0) is 47.0 Å². The number of hydrogen-bond acceptors (Lipinski definition) is 3. The highest BCUT2D eigenvalue weighted by molar-refractivity contribution is 6.35. The van der Waals surface area contributed by atoms with Crippen LogP contribution in [0.25, 0.3) is 0 Å². The molecule has 0 saturated carbocycles. The van der Waals surface area contributed by atoms with Crippen LogP contribution in [0.4, 0.5) is 0 Å². The van der Waals surface area contributed by atoms with E-state index in [-0.39, 0.29) is 6.10 Å². The van der Waals surface area contributed by atoms with Gasteiger partial charge in [0.25, 0.3) is 0 Å². The average Bonchev–Trinajstić information content (AvgIpc) is 3.86. The fourth-order valence-electron chi connectivity index (χ4n) is 5.85. The molecule has 246 valence electrons. The molecule has 0 aliphatic carbocycles. The molecule has 0 saturated heterocycles. The summed E-state index contributed by atoms with van der Waals surface area (Å²) in [6.07, 6.45) is 10.8. The summed E-state index contributed by atoms with van der Waals surface area (Å²) >= 11 is 25.0. The maximum Gasteiger partial charge on any atom is 0.123 e. The van der Waals surface area contributed by atoms with Crippen molar-refractivity contribution in [3.05, 3.63) is 213 Å². The molecule has 0 N–H and O–H groups in total. The number of benzene rings is 5. The first-order chi connectivity index (χ1) is 23.9. The number of hydrogen-bond donors (Lipinski definition) is 0. The molecule has 2 aromatic heterocycles. The van der Waals surface area contributed by atoms with E-state index in [1.807, 2.05) is 90.0 Å². The van der Waals surface area contributed by atoms with Gasteiger partial charge in [0.1, 0.15) is 11.6 Å². The number of imidazole rings is 2. The summed E-state index contributed by atoms with van der Waals surface area (Å²) in [7, 11) is 0. The highest BCUT2D eigenvalue weighted by Crippen LogP contribution is 2.43. The van der Waals surface area contributed by atoms with E-state index in [0.29, 0.717) is 28.2 Å². The maximum atomic E-state index is 6.69. The molecule has 0 amide bonds. The minimum atomic E-state index is -0.586. The molecule has 0 spiro atoms. The van der Waals surface area contributed by atoms with Gasteiger partial charge in [-0.25, -0.2) is 9.97 Å². The third-order valence-electron chi connectivity index (χ3n) is 8.15. The molecule has 5 nitrogen and oxygen atoms in total. The van der Waals surface area contributed by atoms with Gasteiger partial charge in [0.05, 0.1) is 25.8 Å². The van der Waals surface area contributed by atoms with Crippen LogP contribution in [0.3, 0.4) is 0 Å². The Morgan fingerprint density at radius 1 is 0.612 bits per heavy atom. The van der Waals surface area contributed by atoms with Gasteiger partial charge in [0, 0.05) is 56.0 Å². The SMILES string of the molecule is Clc1ccc(COC(Cn2ccnc2)c2ccc(Cl)cc2Cl)cc1.Clc1ccccc1C(c1ccccc1)(c1ccccc1)n1ccnc1. The average molecular weight is 727 g/mol. The summed E-state index contributed by atoms with van der Waals surface area (Å²) in [6.45, 7) is 1.06. The first kappa shape index (κ1) is 34.5. The zero-order valence-corrected chi connectivity index (χ0v) is 29.3. The zero-order chi connectivity index (χ0) is 34.1. The molecular formula is C40H32Cl4N4O. The number of halogens is 4. The molecule has 2 heterocycles. The van der Waals surface area contributed by atoms with Crippen molar-refractivity contribution in [2.75, 3.05) is 0 Å². The molecule has 5 aromatic carbocycles. The van der Waals surface area contributed by atoms with Crippen LogP contribution in [0.1, 0.15) is 33.9 Å². The van der Waals surface area contributed by atoms with Crippen molar-refractivity contribution >= 4 is 46.4 Å². The smallest absolute Gasteiger partial charge is 0.123 e. The Morgan fingerprint density at radius 2 is 1.22 bits per heavy atom. The highest BCUT2D eigenvalue weighted by atomic mass is 35.5. The second kappa shape index (κ2) is 16.4. The Kier molecular flexibility index (Phi) is 11.5. The van der Waals surface area contributed by atoms with Gasteiger partial charge in [-0.2, -0.15) is 0 Å². The van der Waals surface area contributed by atoms with Gasteiger partial charge >= 0.3 is 0 Å². The molecule has 1 unspecified atom stereocenters. The second-order valence-corrected chi connectivity index (χ2v) is 12.9. The molecule has 0 radical (unpaired) electrons. The van der Waals surface area contributed by atoms with Crippen LogP contribution in [-0.4, -0.2) is 19.1 Å². The first-order valence-electron chi connectivity index (χ1n) is 15.6. The van der Waals surface area contributed by atoms with Crippen LogP contribution >= 0.6 is 46.4 Å². The van der Waals surface area contributed by atoms with Crippen molar-refractivity contribution in [1.29, 1.82) is 0 Å². The van der Waals surface area contributed by atoms with Crippen LogP contribution in [0.5, 0.6) is 0 Å². The summed E-state index contributed by atoms with van der Waals surface area (Å²) in [5, 5.41) is 2.62. The quantitative estimate of drug-likeness (QED) is 0.132. The summed E-state index contributed by atoms with van der Waals surface area (Å²) < 4.78 is 10.2. The van der Waals surface area contributed by atoms with Crippen molar-refractivity contribution in [3.63, 3.8) is 0 Å². The Balaban J connectivity index is 0.000000170. The van der Waals surface area contributed by atoms with Gasteiger partial charge in [0.2, 0.25) is 0 Å². The van der Waals surface area contributed by atoms with Gasteiger partial charge in [0.15, 0.2) is 0 Å². The van der Waals surface area contributed by atoms with E-state index >= 15 is 0 Å². The molecule has 7 aromatic rings. The predicted octanol–water partition coefficient (Wildman–Crippen LogP) is 11.2. The van der Waals surface area contributed by atoms with Gasteiger partial charge in [-0.15, -0.1) is 0 Å². The second-order valence-electron chi connectivity index (χ2n) is 11.2. The number of rotatable bonds is 10. The predicted molar refractivity (Wildman–Crippen MR) is 200 cm³/mol. The summed E-state index contributed by atoms with van der Waals surface area (Å²) in [5.41, 5.74) is 4.63. The molecule has 0 fully saturated rings. The Labute approximate surface area is 306 Å². The highest BCUT2D eigenvalue weighted by Gasteiger charge is 2.39. The Hall–Kier alpha value is -4.36. The summed E-state index contributed by atoms with van der Waals surface area (Å²) in [5.74, 6) is 0. The lowest BCUT2D eigenvalue weighted by Crippen LogP contribution is -2.37.